The summed E-state index contributed by atoms with van der Waals surface area (Å²) >= 11 is 11.2. The number of furan rings is 1. The summed E-state index contributed by atoms with van der Waals surface area (Å²) in [6.07, 6.45) is 0. The van der Waals surface area contributed by atoms with Gasteiger partial charge in [0.2, 0.25) is 0 Å². The van der Waals surface area contributed by atoms with Crippen molar-refractivity contribution in [3.05, 3.63) is 48.3 Å². The molecule has 0 fully saturated rings. The second-order valence-corrected chi connectivity index (χ2v) is 6.43. The number of halogens is 2. The Kier molecular flexibility index (Phi) is 3.56. The summed E-state index contributed by atoms with van der Waals surface area (Å²) in [4.78, 5) is 11.0. The minimum atomic E-state index is -0.580. The van der Waals surface area contributed by atoms with E-state index in [-0.39, 0.29) is 5.88 Å². The first-order chi connectivity index (χ1) is 7.99. The SMILES string of the molecule is Cc1sc(Br)cc1C(Cl)c1ccc([N+](=O)[O-])o1. The van der Waals surface area contributed by atoms with Crippen molar-refractivity contribution in [2.75, 3.05) is 0 Å². The van der Waals surface area contributed by atoms with Gasteiger partial charge >= 0.3 is 5.88 Å². The smallest absolute Gasteiger partial charge is 0.404 e. The van der Waals surface area contributed by atoms with E-state index in [1.54, 1.807) is 11.3 Å². The van der Waals surface area contributed by atoms with Crippen LogP contribution in [0.25, 0.3) is 0 Å². The molecule has 0 spiro atoms. The van der Waals surface area contributed by atoms with Crippen LogP contribution in [0, 0.1) is 17.0 Å². The average molecular weight is 337 g/mol. The fourth-order valence-corrected chi connectivity index (χ4v) is 3.60. The van der Waals surface area contributed by atoms with E-state index in [4.69, 9.17) is 16.0 Å². The highest BCUT2D eigenvalue weighted by atomic mass is 79.9. The van der Waals surface area contributed by atoms with Gasteiger partial charge in [-0.15, -0.1) is 22.9 Å². The number of aryl methyl sites for hydroxylation is 1. The van der Waals surface area contributed by atoms with Crippen molar-refractivity contribution in [2.24, 2.45) is 0 Å². The lowest BCUT2D eigenvalue weighted by Crippen LogP contribution is -1.91. The molecule has 0 aliphatic rings. The molecule has 2 aromatic rings. The Labute approximate surface area is 114 Å². The molecule has 90 valence electrons. The number of alkyl halides is 1. The topological polar surface area (TPSA) is 56.3 Å². The number of thiophene rings is 1. The van der Waals surface area contributed by atoms with Gasteiger partial charge in [0.1, 0.15) is 16.1 Å². The molecule has 1 atom stereocenters. The summed E-state index contributed by atoms with van der Waals surface area (Å²) in [5.74, 6) is 0.0874. The number of nitrogens with zero attached hydrogens (tertiary/aromatic N) is 1. The molecule has 0 bridgehead atoms. The Morgan fingerprint density at radius 3 is 2.76 bits per heavy atom. The second-order valence-electron chi connectivity index (χ2n) is 3.36. The van der Waals surface area contributed by atoms with Gasteiger partial charge in [-0.3, -0.25) is 10.1 Å². The van der Waals surface area contributed by atoms with Crippen LogP contribution in [0.5, 0.6) is 0 Å². The predicted molar refractivity (Wildman–Crippen MR) is 69.8 cm³/mol. The highest BCUT2D eigenvalue weighted by molar-refractivity contribution is 9.11. The summed E-state index contributed by atoms with van der Waals surface area (Å²) in [7, 11) is 0. The van der Waals surface area contributed by atoms with Gasteiger partial charge in [-0.2, -0.15) is 0 Å². The van der Waals surface area contributed by atoms with E-state index < -0.39 is 10.3 Å². The fourth-order valence-electron chi connectivity index (χ4n) is 1.44. The van der Waals surface area contributed by atoms with Crippen molar-refractivity contribution in [2.45, 2.75) is 12.3 Å². The molecule has 7 heteroatoms. The Balaban J connectivity index is 2.33. The van der Waals surface area contributed by atoms with E-state index in [1.807, 2.05) is 13.0 Å². The zero-order valence-electron chi connectivity index (χ0n) is 8.65. The lowest BCUT2D eigenvalue weighted by atomic mass is 10.1. The Morgan fingerprint density at radius 2 is 2.29 bits per heavy atom. The molecular weight excluding hydrogens is 330 g/mol. The van der Waals surface area contributed by atoms with E-state index in [0.717, 1.165) is 14.2 Å². The van der Waals surface area contributed by atoms with Crippen molar-refractivity contribution in [3.8, 4) is 0 Å². The summed E-state index contributed by atoms with van der Waals surface area (Å²) in [6, 6.07) is 4.73. The van der Waals surface area contributed by atoms with E-state index in [0.29, 0.717) is 5.76 Å². The molecule has 0 amide bonds. The van der Waals surface area contributed by atoms with E-state index >= 15 is 0 Å². The first-order valence-electron chi connectivity index (χ1n) is 4.63. The third kappa shape index (κ3) is 2.53. The lowest BCUT2D eigenvalue weighted by molar-refractivity contribution is -0.402. The van der Waals surface area contributed by atoms with E-state index in [1.165, 1.54) is 12.1 Å². The fraction of sp³-hybridized carbons (Fsp3) is 0.200. The molecule has 2 aromatic heterocycles. The monoisotopic (exact) mass is 335 g/mol. The van der Waals surface area contributed by atoms with Crippen LogP contribution in [0.3, 0.4) is 0 Å². The van der Waals surface area contributed by atoms with Crippen molar-refractivity contribution in [1.29, 1.82) is 0 Å². The van der Waals surface area contributed by atoms with Crippen LogP contribution in [0.2, 0.25) is 0 Å². The molecular formula is C10H7BrClNO3S. The summed E-state index contributed by atoms with van der Waals surface area (Å²) < 4.78 is 6.05. The molecule has 17 heavy (non-hydrogen) atoms. The second kappa shape index (κ2) is 4.80. The Hall–Kier alpha value is -0.850. The van der Waals surface area contributed by atoms with Gasteiger partial charge in [0.25, 0.3) is 0 Å². The van der Waals surface area contributed by atoms with Crippen molar-refractivity contribution in [1.82, 2.24) is 0 Å². The lowest BCUT2D eigenvalue weighted by Gasteiger charge is -2.04. The van der Waals surface area contributed by atoms with Crippen LogP contribution in [-0.2, 0) is 0 Å². The van der Waals surface area contributed by atoms with Crippen LogP contribution in [0.15, 0.2) is 26.4 Å². The van der Waals surface area contributed by atoms with Crippen LogP contribution in [0.4, 0.5) is 5.88 Å². The molecule has 2 heterocycles. The molecule has 4 nitrogen and oxygen atoms in total. The molecule has 0 N–H and O–H groups in total. The third-order valence-corrected chi connectivity index (χ3v) is 4.26. The van der Waals surface area contributed by atoms with Gasteiger partial charge in [0, 0.05) is 4.88 Å². The number of hydrogen-bond acceptors (Lipinski definition) is 4. The van der Waals surface area contributed by atoms with Crippen molar-refractivity contribution < 1.29 is 9.34 Å². The number of rotatable bonds is 3. The minimum absolute atomic E-state index is 0.294. The first-order valence-corrected chi connectivity index (χ1v) is 6.67. The molecule has 1 unspecified atom stereocenters. The largest absolute Gasteiger partial charge is 0.433 e. The Bertz CT molecular complexity index is 566. The van der Waals surface area contributed by atoms with E-state index in [9.17, 15) is 10.1 Å². The summed E-state index contributed by atoms with van der Waals surface area (Å²) in [6.45, 7) is 1.94. The zero-order chi connectivity index (χ0) is 12.6. The number of nitro groups is 1. The standard InChI is InChI=1S/C10H7BrClNO3S/c1-5-6(4-8(11)17-5)10(12)7-2-3-9(16-7)13(14)15/h2-4,10H,1H3. The van der Waals surface area contributed by atoms with Gasteiger partial charge < -0.3 is 4.42 Å². The molecule has 0 radical (unpaired) electrons. The van der Waals surface area contributed by atoms with Gasteiger partial charge in [-0.1, -0.05) is 0 Å². The molecule has 0 saturated carbocycles. The third-order valence-electron chi connectivity index (χ3n) is 2.24. The number of hydrogen-bond donors (Lipinski definition) is 0. The molecule has 2 rings (SSSR count). The maximum atomic E-state index is 10.5. The van der Waals surface area contributed by atoms with Gasteiger partial charge in [0.15, 0.2) is 0 Å². The van der Waals surface area contributed by atoms with Gasteiger partial charge in [0.05, 0.1) is 9.85 Å². The highest BCUT2D eigenvalue weighted by Crippen LogP contribution is 2.38. The Morgan fingerprint density at radius 1 is 1.59 bits per heavy atom. The molecule has 0 saturated heterocycles. The van der Waals surface area contributed by atoms with Crippen LogP contribution in [-0.4, -0.2) is 4.92 Å². The zero-order valence-corrected chi connectivity index (χ0v) is 11.8. The van der Waals surface area contributed by atoms with Crippen LogP contribution in [0.1, 0.15) is 21.6 Å². The summed E-state index contributed by atoms with van der Waals surface area (Å²) in [5.41, 5.74) is 0.896. The predicted octanol–water partition coefficient (Wildman–Crippen LogP) is 4.65. The minimum Gasteiger partial charge on any atom is -0.404 e. The average Bonchev–Trinajstić information content (AvgIpc) is 2.84. The maximum absolute atomic E-state index is 10.5. The quantitative estimate of drug-likeness (QED) is 0.466. The van der Waals surface area contributed by atoms with Crippen molar-refractivity contribution in [3.63, 3.8) is 0 Å². The molecule has 0 aromatic carbocycles. The normalized spacial score (nSPS) is 12.6. The molecule has 0 aliphatic carbocycles. The first kappa shape index (κ1) is 12.6. The van der Waals surface area contributed by atoms with Crippen LogP contribution >= 0.6 is 38.9 Å². The van der Waals surface area contributed by atoms with Crippen LogP contribution < -0.4 is 0 Å². The summed E-state index contributed by atoms with van der Waals surface area (Å²) in [5, 5.41) is 10.00. The maximum Gasteiger partial charge on any atom is 0.433 e. The van der Waals surface area contributed by atoms with Crippen molar-refractivity contribution >= 4 is 44.8 Å². The highest BCUT2D eigenvalue weighted by Gasteiger charge is 2.22. The molecule has 0 aliphatic heterocycles. The van der Waals surface area contributed by atoms with Gasteiger partial charge in [-0.05, 0) is 40.5 Å². The van der Waals surface area contributed by atoms with E-state index in [2.05, 4.69) is 15.9 Å². The van der Waals surface area contributed by atoms with Gasteiger partial charge in [-0.25, -0.2) is 0 Å².